The van der Waals surface area contributed by atoms with Crippen LogP contribution in [0.5, 0.6) is 5.75 Å². The van der Waals surface area contributed by atoms with E-state index < -0.39 is 0 Å². The molecular weight excluding hydrogens is 286 g/mol. The van der Waals surface area contributed by atoms with Gasteiger partial charge in [-0.25, -0.2) is 9.97 Å². The first kappa shape index (κ1) is 14.2. The highest BCUT2D eigenvalue weighted by Gasteiger charge is 2.19. The topological polar surface area (TPSA) is 94.9 Å². The molecule has 8 heteroatoms. The van der Waals surface area contributed by atoms with Gasteiger partial charge in [0.05, 0.1) is 24.2 Å². The largest absolute Gasteiger partial charge is 0.494 e. The van der Waals surface area contributed by atoms with Crippen LogP contribution in [-0.2, 0) is 11.3 Å². The monoisotopic (exact) mass is 301 g/mol. The Hall–Kier alpha value is -2.74. The SMILES string of the molecule is COCc1ncnn1-c1ncc(OC)c2c(C(C)=O)c[nH]c12. The molecule has 0 saturated heterocycles. The van der Waals surface area contributed by atoms with Crippen LogP contribution < -0.4 is 4.74 Å². The number of aromatic amines is 1. The van der Waals surface area contributed by atoms with Gasteiger partial charge < -0.3 is 14.5 Å². The Kier molecular flexibility index (Phi) is 3.60. The zero-order valence-corrected chi connectivity index (χ0v) is 12.5. The van der Waals surface area contributed by atoms with E-state index in [4.69, 9.17) is 9.47 Å². The number of H-pyrrole nitrogens is 1. The fourth-order valence-electron chi connectivity index (χ4n) is 2.37. The van der Waals surface area contributed by atoms with E-state index in [-0.39, 0.29) is 5.78 Å². The molecule has 3 heterocycles. The molecule has 0 aromatic carbocycles. The minimum Gasteiger partial charge on any atom is -0.494 e. The number of nitrogens with zero attached hydrogens (tertiary/aromatic N) is 4. The minimum absolute atomic E-state index is 0.0580. The number of ether oxygens (including phenoxy) is 2. The Labute approximate surface area is 126 Å². The molecule has 0 aliphatic rings. The van der Waals surface area contributed by atoms with E-state index in [0.29, 0.717) is 40.5 Å². The number of pyridine rings is 1. The summed E-state index contributed by atoms with van der Waals surface area (Å²) in [4.78, 5) is 23.4. The number of Topliss-reactive ketones (excluding diaryl/α,β-unsaturated/α-hetero) is 1. The highest BCUT2D eigenvalue weighted by atomic mass is 16.5. The van der Waals surface area contributed by atoms with Crippen LogP contribution in [0.15, 0.2) is 18.7 Å². The number of ketones is 1. The van der Waals surface area contributed by atoms with Gasteiger partial charge in [-0.2, -0.15) is 9.78 Å². The third-order valence-electron chi connectivity index (χ3n) is 3.35. The van der Waals surface area contributed by atoms with Crippen molar-refractivity contribution in [3.63, 3.8) is 0 Å². The summed E-state index contributed by atoms with van der Waals surface area (Å²) in [5.74, 6) is 1.62. The van der Waals surface area contributed by atoms with Crippen LogP contribution in [0, 0.1) is 0 Å². The van der Waals surface area contributed by atoms with Gasteiger partial charge in [0.15, 0.2) is 17.4 Å². The van der Waals surface area contributed by atoms with Crippen molar-refractivity contribution < 1.29 is 14.3 Å². The van der Waals surface area contributed by atoms with Crippen molar-refractivity contribution in [2.45, 2.75) is 13.5 Å². The summed E-state index contributed by atoms with van der Waals surface area (Å²) < 4.78 is 12.0. The second-order valence-electron chi connectivity index (χ2n) is 4.68. The van der Waals surface area contributed by atoms with Gasteiger partial charge in [0.2, 0.25) is 0 Å². The fraction of sp³-hybridized carbons (Fsp3) is 0.286. The molecule has 0 unspecified atom stereocenters. The molecule has 0 fully saturated rings. The highest BCUT2D eigenvalue weighted by molar-refractivity contribution is 6.10. The van der Waals surface area contributed by atoms with Gasteiger partial charge in [-0.05, 0) is 6.92 Å². The third-order valence-corrected chi connectivity index (χ3v) is 3.35. The van der Waals surface area contributed by atoms with Crippen molar-refractivity contribution in [3.05, 3.63) is 30.1 Å². The van der Waals surface area contributed by atoms with E-state index in [2.05, 4.69) is 20.1 Å². The summed E-state index contributed by atoms with van der Waals surface area (Å²) in [7, 11) is 3.12. The Balaban J connectivity index is 2.28. The van der Waals surface area contributed by atoms with Crippen LogP contribution in [0.4, 0.5) is 0 Å². The molecular formula is C14H15N5O3. The summed E-state index contributed by atoms with van der Waals surface area (Å²) >= 11 is 0. The van der Waals surface area contributed by atoms with Gasteiger partial charge in [-0.1, -0.05) is 0 Å². The van der Waals surface area contributed by atoms with E-state index >= 15 is 0 Å². The normalized spacial score (nSPS) is 11.0. The number of hydrogen-bond donors (Lipinski definition) is 1. The van der Waals surface area contributed by atoms with Crippen LogP contribution >= 0.6 is 0 Å². The summed E-state index contributed by atoms with van der Waals surface area (Å²) in [6, 6.07) is 0. The van der Waals surface area contributed by atoms with Gasteiger partial charge in [-0.3, -0.25) is 4.79 Å². The minimum atomic E-state index is -0.0580. The van der Waals surface area contributed by atoms with E-state index in [1.807, 2.05) is 0 Å². The second kappa shape index (κ2) is 5.57. The smallest absolute Gasteiger partial charge is 0.180 e. The van der Waals surface area contributed by atoms with E-state index in [9.17, 15) is 4.79 Å². The molecule has 0 aliphatic carbocycles. The molecule has 0 spiro atoms. The van der Waals surface area contributed by atoms with Crippen molar-refractivity contribution in [2.75, 3.05) is 14.2 Å². The average molecular weight is 301 g/mol. The van der Waals surface area contributed by atoms with E-state index in [1.54, 1.807) is 31.3 Å². The molecule has 114 valence electrons. The molecule has 0 bridgehead atoms. The molecule has 0 radical (unpaired) electrons. The summed E-state index contributed by atoms with van der Waals surface area (Å²) in [6.45, 7) is 1.81. The predicted octanol–water partition coefficient (Wildman–Crippen LogP) is 1.50. The molecule has 3 aromatic heterocycles. The molecule has 3 rings (SSSR count). The first-order chi connectivity index (χ1) is 10.7. The van der Waals surface area contributed by atoms with Gasteiger partial charge in [0, 0.05) is 18.9 Å². The molecule has 0 atom stereocenters. The maximum Gasteiger partial charge on any atom is 0.180 e. The third kappa shape index (κ3) is 2.13. The van der Waals surface area contributed by atoms with Crippen molar-refractivity contribution in [1.29, 1.82) is 0 Å². The molecule has 0 aliphatic heterocycles. The highest BCUT2D eigenvalue weighted by Crippen LogP contribution is 2.31. The van der Waals surface area contributed by atoms with Crippen molar-refractivity contribution in [3.8, 4) is 11.6 Å². The first-order valence-corrected chi connectivity index (χ1v) is 6.60. The molecule has 8 nitrogen and oxygen atoms in total. The lowest BCUT2D eigenvalue weighted by Gasteiger charge is -2.09. The number of methoxy groups -OCH3 is 2. The zero-order chi connectivity index (χ0) is 15.7. The number of fused-ring (bicyclic) bond motifs is 1. The van der Waals surface area contributed by atoms with Crippen LogP contribution in [-0.4, -0.2) is 44.7 Å². The van der Waals surface area contributed by atoms with E-state index in [1.165, 1.54) is 13.3 Å². The number of carbonyl (C=O) groups excluding carboxylic acids is 1. The van der Waals surface area contributed by atoms with Gasteiger partial charge in [0.25, 0.3) is 0 Å². The van der Waals surface area contributed by atoms with Gasteiger partial charge in [-0.15, -0.1) is 0 Å². The lowest BCUT2D eigenvalue weighted by Crippen LogP contribution is -2.07. The lowest BCUT2D eigenvalue weighted by molar-refractivity contribution is 0.101. The molecule has 1 N–H and O–H groups in total. The number of carbonyl (C=O) groups is 1. The molecule has 3 aromatic rings. The van der Waals surface area contributed by atoms with Gasteiger partial charge in [0.1, 0.15) is 18.7 Å². The van der Waals surface area contributed by atoms with Crippen LogP contribution in [0.25, 0.3) is 16.7 Å². The molecule has 0 saturated carbocycles. The average Bonchev–Trinajstić information content (AvgIpc) is 3.13. The van der Waals surface area contributed by atoms with Gasteiger partial charge >= 0.3 is 0 Å². The number of nitrogens with one attached hydrogen (secondary N) is 1. The quantitative estimate of drug-likeness (QED) is 0.718. The number of rotatable bonds is 5. The first-order valence-electron chi connectivity index (χ1n) is 6.60. The lowest BCUT2D eigenvalue weighted by atomic mass is 10.1. The Morgan fingerprint density at radius 2 is 2.18 bits per heavy atom. The van der Waals surface area contributed by atoms with E-state index in [0.717, 1.165) is 0 Å². The second-order valence-corrected chi connectivity index (χ2v) is 4.68. The Morgan fingerprint density at radius 1 is 1.36 bits per heavy atom. The summed E-state index contributed by atoms with van der Waals surface area (Å²) in [6.07, 6.45) is 4.64. The Morgan fingerprint density at radius 3 is 2.86 bits per heavy atom. The molecule has 0 amide bonds. The maximum atomic E-state index is 11.8. The van der Waals surface area contributed by atoms with Crippen LogP contribution in [0.2, 0.25) is 0 Å². The zero-order valence-electron chi connectivity index (χ0n) is 12.5. The van der Waals surface area contributed by atoms with Crippen LogP contribution in [0.3, 0.4) is 0 Å². The summed E-state index contributed by atoms with van der Waals surface area (Å²) in [5, 5.41) is 4.86. The number of aromatic nitrogens is 5. The summed E-state index contributed by atoms with van der Waals surface area (Å²) in [5.41, 5.74) is 1.20. The standard InChI is InChI=1S/C14H15N5O3/c1-8(20)9-4-15-13-12(9)10(22-3)5-16-14(13)19-11(6-21-2)17-7-18-19/h4-5,7,15H,6H2,1-3H3. The number of hydrogen-bond acceptors (Lipinski definition) is 6. The van der Waals surface area contributed by atoms with Crippen molar-refractivity contribution in [2.24, 2.45) is 0 Å². The Bertz CT molecular complexity index is 836. The fourth-order valence-corrected chi connectivity index (χ4v) is 2.37. The maximum absolute atomic E-state index is 11.8. The molecule has 22 heavy (non-hydrogen) atoms. The predicted molar refractivity (Wildman–Crippen MR) is 78.3 cm³/mol. The van der Waals surface area contributed by atoms with Crippen LogP contribution in [0.1, 0.15) is 23.1 Å². The van der Waals surface area contributed by atoms with Crippen molar-refractivity contribution in [1.82, 2.24) is 24.7 Å². The van der Waals surface area contributed by atoms with Crippen molar-refractivity contribution >= 4 is 16.7 Å².